The molecule has 146 valence electrons. The lowest BCUT2D eigenvalue weighted by atomic mass is 9.97. The van der Waals surface area contributed by atoms with Crippen LogP contribution in [0.5, 0.6) is 0 Å². The number of oxime groups is 1. The van der Waals surface area contributed by atoms with E-state index in [1.807, 2.05) is 48.5 Å². The Morgan fingerprint density at radius 3 is 2.11 bits per heavy atom. The number of rotatable bonds is 4. The van der Waals surface area contributed by atoms with Gasteiger partial charge in [0.25, 0.3) is 6.29 Å². The lowest BCUT2D eigenvalue weighted by Crippen LogP contribution is -2.58. The van der Waals surface area contributed by atoms with Crippen molar-refractivity contribution in [2.75, 3.05) is 6.61 Å². The van der Waals surface area contributed by atoms with E-state index >= 15 is 0 Å². The second-order valence-corrected chi connectivity index (χ2v) is 6.77. The van der Waals surface area contributed by atoms with Crippen molar-refractivity contribution in [3.63, 3.8) is 0 Å². The van der Waals surface area contributed by atoms with Crippen LogP contribution in [0.4, 0.5) is 0 Å². The van der Waals surface area contributed by atoms with Crippen molar-refractivity contribution in [1.29, 1.82) is 0 Å². The first-order valence-electron chi connectivity index (χ1n) is 9.00. The van der Waals surface area contributed by atoms with Gasteiger partial charge in [0.2, 0.25) is 0 Å². The summed E-state index contributed by atoms with van der Waals surface area (Å²) in [5.41, 5.74) is 0.846. The van der Waals surface area contributed by atoms with E-state index in [1.165, 1.54) is 6.21 Å². The van der Waals surface area contributed by atoms with Crippen molar-refractivity contribution >= 4 is 27.8 Å². The summed E-state index contributed by atoms with van der Waals surface area (Å²) in [5, 5.41) is 47.0. The summed E-state index contributed by atoms with van der Waals surface area (Å²) >= 11 is 0. The van der Waals surface area contributed by atoms with Crippen LogP contribution >= 0.6 is 0 Å². The van der Waals surface area contributed by atoms with Crippen molar-refractivity contribution in [1.82, 2.24) is 0 Å². The minimum atomic E-state index is -1.51. The van der Waals surface area contributed by atoms with Crippen LogP contribution < -0.4 is 0 Å². The number of hydrogen-bond donors (Lipinski definition) is 4. The zero-order valence-electron chi connectivity index (χ0n) is 14.9. The summed E-state index contributed by atoms with van der Waals surface area (Å²) in [6, 6.07) is 17.9. The molecule has 7 nitrogen and oxygen atoms in total. The maximum Gasteiger partial charge on any atom is 0.256 e. The maximum atomic E-state index is 10.0. The van der Waals surface area contributed by atoms with Gasteiger partial charge in [0.15, 0.2) is 0 Å². The molecule has 3 aromatic carbocycles. The largest absolute Gasteiger partial charge is 0.394 e. The van der Waals surface area contributed by atoms with E-state index < -0.39 is 37.3 Å². The van der Waals surface area contributed by atoms with Gasteiger partial charge < -0.3 is 30.0 Å². The van der Waals surface area contributed by atoms with Gasteiger partial charge in [-0.05, 0) is 27.6 Å². The molecule has 28 heavy (non-hydrogen) atoms. The van der Waals surface area contributed by atoms with E-state index in [9.17, 15) is 20.4 Å². The molecule has 1 saturated heterocycles. The molecule has 3 aromatic rings. The standard InChI is InChI=1S/C21H21NO6/c23-11-17-18(24)19(25)20(26)21(27-17)28-22-10-16-14-7-3-1-5-12(14)9-13-6-2-4-8-15(13)16/h1-10,17-21,23-26H,11H2/b22-10+/t17?,18?,19-,20?,21-/m0/s1. The van der Waals surface area contributed by atoms with Crippen LogP contribution in [0.25, 0.3) is 21.5 Å². The number of aliphatic hydroxyl groups excluding tert-OH is 4. The van der Waals surface area contributed by atoms with Crippen LogP contribution in [-0.2, 0) is 9.57 Å². The number of nitrogens with zero attached hydrogens (tertiary/aromatic N) is 1. The van der Waals surface area contributed by atoms with Crippen molar-refractivity contribution in [3.05, 3.63) is 60.2 Å². The number of aliphatic hydroxyl groups is 4. The predicted octanol–water partition coefficient (Wildman–Crippen LogP) is 1.14. The van der Waals surface area contributed by atoms with E-state index in [-0.39, 0.29) is 0 Å². The highest BCUT2D eigenvalue weighted by Crippen LogP contribution is 2.27. The Hall–Kier alpha value is -2.55. The quantitative estimate of drug-likeness (QED) is 0.305. The molecule has 4 rings (SSSR count). The summed E-state index contributed by atoms with van der Waals surface area (Å²) in [6.45, 7) is -0.525. The summed E-state index contributed by atoms with van der Waals surface area (Å²) in [6.07, 6.45) is -5.27. The summed E-state index contributed by atoms with van der Waals surface area (Å²) in [5.74, 6) is 0. The Morgan fingerprint density at radius 1 is 0.893 bits per heavy atom. The van der Waals surface area contributed by atoms with Crippen LogP contribution in [0.2, 0.25) is 0 Å². The van der Waals surface area contributed by atoms with Gasteiger partial charge in [-0.15, -0.1) is 0 Å². The van der Waals surface area contributed by atoms with Gasteiger partial charge in [0.05, 0.1) is 12.8 Å². The van der Waals surface area contributed by atoms with E-state index in [0.717, 1.165) is 27.1 Å². The minimum absolute atomic E-state index is 0.525. The Bertz CT molecular complexity index is 951. The van der Waals surface area contributed by atoms with E-state index in [0.29, 0.717) is 0 Å². The molecule has 1 aliphatic rings. The molecule has 0 radical (unpaired) electrons. The van der Waals surface area contributed by atoms with Gasteiger partial charge in [-0.3, -0.25) is 0 Å². The van der Waals surface area contributed by atoms with Gasteiger partial charge in [0, 0.05) is 5.56 Å². The third-order valence-corrected chi connectivity index (χ3v) is 5.01. The molecule has 5 atom stereocenters. The highest BCUT2D eigenvalue weighted by Gasteiger charge is 2.44. The first kappa shape index (κ1) is 18.8. The van der Waals surface area contributed by atoms with Crippen LogP contribution in [0, 0.1) is 0 Å². The first-order chi connectivity index (χ1) is 13.6. The second-order valence-electron chi connectivity index (χ2n) is 6.77. The van der Waals surface area contributed by atoms with Crippen LogP contribution in [0.15, 0.2) is 59.8 Å². The van der Waals surface area contributed by atoms with Crippen LogP contribution in [-0.4, -0.2) is 64.0 Å². The molecule has 3 unspecified atom stereocenters. The first-order valence-corrected chi connectivity index (χ1v) is 9.00. The summed E-state index contributed by atoms with van der Waals surface area (Å²) in [7, 11) is 0. The number of hydrogen-bond acceptors (Lipinski definition) is 7. The van der Waals surface area contributed by atoms with Crippen molar-refractivity contribution in [2.24, 2.45) is 5.16 Å². The van der Waals surface area contributed by atoms with Gasteiger partial charge in [-0.25, -0.2) is 0 Å². The highest BCUT2D eigenvalue weighted by molar-refractivity contribution is 6.13. The Balaban J connectivity index is 1.65. The van der Waals surface area contributed by atoms with Crippen molar-refractivity contribution < 1.29 is 30.0 Å². The lowest BCUT2D eigenvalue weighted by molar-refractivity contribution is -0.301. The molecule has 0 saturated carbocycles. The molecule has 1 fully saturated rings. The van der Waals surface area contributed by atoms with Gasteiger partial charge in [-0.1, -0.05) is 53.7 Å². The van der Waals surface area contributed by atoms with Crippen LogP contribution in [0.1, 0.15) is 5.56 Å². The molecule has 7 heteroatoms. The van der Waals surface area contributed by atoms with Gasteiger partial charge in [-0.2, -0.15) is 0 Å². The van der Waals surface area contributed by atoms with E-state index in [4.69, 9.17) is 9.57 Å². The summed E-state index contributed by atoms with van der Waals surface area (Å²) < 4.78 is 5.30. The Morgan fingerprint density at radius 2 is 1.50 bits per heavy atom. The van der Waals surface area contributed by atoms with E-state index in [1.54, 1.807) is 0 Å². The van der Waals surface area contributed by atoms with Gasteiger partial charge >= 0.3 is 0 Å². The average molecular weight is 383 g/mol. The normalized spacial score (nSPS) is 28.2. The number of fused-ring (bicyclic) bond motifs is 2. The molecule has 0 spiro atoms. The second kappa shape index (κ2) is 7.83. The van der Waals surface area contributed by atoms with Crippen LogP contribution in [0.3, 0.4) is 0 Å². The lowest BCUT2D eigenvalue weighted by Gasteiger charge is -2.38. The number of benzene rings is 3. The summed E-state index contributed by atoms with van der Waals surface area (Å²) in [4.78, 5) is 5.26. The molecule has 0 amide bonds. The fourth-order valence-corrected chi connectivity index (χ4v) is 3.49. The monoisotopic (exact) mass is 383 g/mol. The highest BCUT2D eigenvalue weighted by atomic mass is 16.8. The minimum Gasteiger partial charge on any atom is -0.394 e. The Labute approximate surface area is 161 Å². The van der Waals surface area contributed by atoms with Crippen molar-refractivity contribution in [2.45, 2.75) is 30.7 Å². The topological polar surface area (TPSA) is 112 Å². The predicted molar refractivity (Wildman–Crippen MR) is 104 cm³/mol. The molecule has 1 heterocycles. The molecular weight excluding hydrogens is 362 g/mol. The zero-order chi connectivity index (χ0) is 19.7. The van der Waals surface area contributed by atoms with Gasteiger partial charge in [0.1, 0.15) is 24.4 Å². The molecule has 0 bridgehead atoms. The number of ether oxygens (including phenoxy) is 1. The fourth-order valence-electron chi connectivity index (χ4n) is 3.49. The average Bonchev–Trinajstić information content (AvgIpc) is 2.73. The fraction of sp³-hybridized carbons (Fsp3) is 0.286. The molecule has 1 aliphatic heterocycles. The zero-order valence-corrected chi connectivity index (χ0v) is 14.9. The molecular formula is C21H21NO6. The molecule has 4 N–H and O–H groups in total. The SMILES string of the molecule is OCC1O[C@@H](O/N=C/c2c3ccccc3cc3ccccc23)C(O)[C@@H](O)C1O. The van der Waals surface area contributed by atoms with Crippen molar-refractivity contribution in [3.8, 4) is 0 Å². The smallest absolute Gasteiger partial charge is 0.256 e. The third kappa shape index (κ3) is 3.34. The molecule has 0 aromatic heterocycles. The Kier molecular flexibility index (Phi) is 5.25. The van der Waals surface area contributed by atoms with E-state index in [2.05, 4.69) is 11.2 Å². The molecule has 0 aliphatic carbocycles. The maximum absolute atomic E-state index is 10.0. The third-order valence-electron chi connectivity index (χ3n) is 5.01.